The number of ether oxygens (including phenoxy) is 1. The number of nitrogens with one attached hydrogen (secondary N) is 2. The van der Waals surface area contributed by atoms with Gasteiger partial charge in [-0.3, -0.25) is 4.99 Å². The van der Waals surface area contributed by atoms with Crippen LogP contribution in [0.25, 0.3) is 0 Å². The molecule has 1 aromatic heterocycles. The summed E-state index contributed by atoms with van der Waals surface area (Å²) in [5.74, 6) is 1.66. The molecule has 0 atom stereocenters. The zero-order valence-corrected chi connectivity index (χ0v) is 15.4. The van der Waals surface area contributed by atoms with E-state index in [-0.39, 0.29) is 11.7 Å². The zero-order chi connectivity index (χ0) is 19.9. The number of halogens is 3. The van der Waals surface area contributed by atoms with Gasteiger partial charge >= 0.3 is 6.18 Å². The Morgan fingerprint density at radius 2 is 1.96 bits per heavy atom. The van der Waals surface area contributed by atoms with Crippen LogP contribution in [0.5, 0.6) is 5.75 Å². The second-order valence-corrected chi connectivity index (χ2v) is 6.20. The molecule has 0 aliphatic rings. The van der Waals surface area contributed by atoms with Crippen molar-refractivity contribution in [1.82, 2.24) is 15.8 Å². The van der Waals surface area contributed by atoms with Gasteiger partial charge in [0.25, 0.3) is 0 Å². The Morgan fingerprint density at radius 1 is 1.22 bits per heavy atom. The lowest BCUT2D eigenvalue weighted by molar-refractivity contribution is -0.153. The van der Waals surface area contributed by atoms with E-state index in [1.165, 1.54) is 6.07 Å². The standard InChI is InChI=1S/C18H23F3N4O2/c1-12(2)16-8-15(27-25-16)10-24-17(22-3)23-9-13-5-4-6-14(7-13)26-11-18(19,20)21/h4-8,12H,9-11H2,1-3H3,(H2,22,23,24). The van der Waals surface area contributed by atoms with Gasteiger partial charge in [0.05, 0.1) is 12.2 Å². The largest absolute Gasteiger partial charge is 0.484 e. The molecule has 0 aliphatic carbocycles. The van der Waals surface area contributed by atoms with Gasteiger partial charge in [-0.05, 0) is 23.6 Å². The van der Waals surface area contributed by atoms with Crippen LogP contribution in [0.2, 0.25) is 0 Å². The second kappa shape index (κ2) is 9.29. The van der Waals surface area contributed by atoms with E-state index in [1.807, 2.05) is 19.9 Å². The first-order chi connectivity index (χ1) is 12.8. The topological polar surface area (TPSA) is 71.7 Å². The summed E-state index contributed by atoms with van der Waals surface area (Å²) in [6, 6.07) is 8.34. The number of aromatic nitrogens is 1. The zero-order valence-electron chi connectivity index (χ0n) is 15.4. The number of benzene rings is 1. The molecule has 1 aromatic carbocycles. The molecule has 0 aliphatic heterocycles. The average Bonchev–Trinajstić information content (AvgIpc) is 3.09. The summed E-state index contributed by atoms with van der Waals surface area (Å²) in [5, 5.41) is 10.2. The number of nitrogens with zero attached hydrogens (tertiary/aromatic N) is 2. The van der Waals surface area contributed by atoms with Crippen LogP contribution in [0.4, 0.5) is 13.2 Å². The number of rotatable bonds is 7. The van der Waals surface area contributed by atoms with Crippen molar-refractivity contribution in [3.63, 3.8) is 0 Å². The van der Waals surface area contributed by atoms with Gasteiger partial charge in [-0.15, -0.1) is 0 Å². The van der Waals surface area contributed by atoms with Crippen LogP contribution in [0.3, 0.4) is 0 Å². The van der Waals surface area contributed by atoms with Gasteiger partial charge in [0.15, 0.2) is 18.3 Å². The van der Waals surface area contributed by atoms with Crippen LogP contribution in [0, 0.1) is 0 Å². The number of alkyl halides is 3. The lowest BCUT2D eigenvalue weighted by atomic mass is 10.1. The first-order valence-electron chi connectivity index (χ1n) is 8.45. The van der Waals surface area contributed by atoms with E-state index in [0.29, 0.717) is 24.8 Å². The normalized spacial score (nSPS) is 12.3. The molecule has 0 saturated carbocycles. The van der Waals surface area contributed by atoms with E-state index in [2.05, 4.69) is 20.8 Å². The van der Waals surface area contributed by atoms with E-state index < -0.39 is 12.8 Å². The number of aliphatic imine (C=N–C) groups is 1. The van der Waals surface area contributed by atoms with Crippen molar-refractivity contribution in [1.29, 1.82) is 0 Å². The maximum Gasteiger partial charge on any atom is 0.422 e. The highest BCUT2D eigenvalue weighted by Gasteiger charge is 2.28. The lowest BCUT2D eigenvalue weighted by Crippen LogP contribution is -2.36. The van der Waals surface area contributed by atoms with Crippen molar-refractivity contribution in [3.05, 3.63) is 47.3 Å². The number of guanidine groups is 1. The fourth-order valence-electron chi connectivity index (χ4n) is 2.17. The number of hydrogen-bond donors (Lipinski definition) is 2. The van der Waals surface area contributed by atoms with Crippen LogP contribution >= 0.6 is 0 Å². The Balaban J connectivity index is 1.84. The van der Waals surface area contributed by atoms with Crippen LogP contribution in [-0.4, -0.2) is 30.9 Å². The van der Waals surface area contributed by atoms with Gasteiger partial charge < -0.3 is 19.9 Å². The highest BCUT2D eigenvalue weighted by molar-refractivity contribution is 5.79. The first-order valence-corrected chi connectivity index (χ1v) is 8.45. The first kappa shape index (κ1) is 20.6. The highest BCUT2D eigenvalue weighted by atomic mass is 19.4. The molecule has 0 radical (unpaired) electrons. The van der Waals surface area contributed by atoms with Crippen molar-refractivity contribution in [3.8, 4) is 5.75 Å². The quantitative estimate of drug-likeness (QED) is 0.564. The maximum atomic E-state index is 12.2. The predicted molar refractivity (Wildman–Crippen MR) is 95.6 cm³/mol. The maximum absolute atomic E-state index is 12.2. The smallest absolute Gasteiger partial charge is 0.422 e. The molecule has 0 fully saturated rings. The molecular formula is C18H23F3N4O2. The molecule has 0 saturated heterocycles. The SMILES string of the molecule is CN=C(NCc1cccc(OCC(F)(F)F)c1)NCc1cc(C(C)C)no1. The van der Waals surface area contributed by atoms with Crippen molar-refractivity contribution < 1.29 is 22.4 Å². The van der Waals surface area contributed by atoms with E-state index >= 15 is 0 Å². The van der Waals surface area contributed by atoms with Crippen molar-refractivity contribution in [2.24, 2.45) is 4.99 Å². The Hall–Kier alpha value is -2.71. The Morgan fingerprint density at radius 3 is 2.59 bits per heavy atom. The molecule has 2 rings (SSSR count). The Bertz CT molecular complexity index is 757. The lowest BCUT2D eigenvalue weighted by Gasteiger charge is -2.12. The molecule has 9 heteroatoms. The van der Waals surface area contributed by atoms with Crippen LogP contribution in [-0.2, 0) is 13.1 Å². The van der Waals surface area contributed by atoms with Gasteiger partial charge in [0.1, 0.15) is 5.75 Å². The van der Waals surface area contributed by atoms with Crippen LogP contribution < -0.4 is 15.4 Å². The van der Waals surface area contributed by atoms with Gasteiger partial charge in [0, 0.05) is 19.7 Å². The molecule has 1 heterocycles. The minimum absolute atomic E-state index is 0.164. The molecule has 0 amide bonds. The summed E-state index contributed by atoms with van der Waals surface area (Å²) in [4.78, 5) is 4.10. The second-order valence-electron chi connectivity index (χ2n) is 6.20. The fourth-order valence-corrected chi connectivity index (χ4v) is 2.17. The van der Waals surface area contributed by atoms with Gasteiger partial charge in [-0.2, -0.15) is 13.2 Å². The predicted octanol–water partition coefficient (Wildman–Crippen LogP) is 3.60. The molecule has 0 bridgehead atoms. The minimum Gasteiger partial charge on any atom is -0.484 e. The molecule has 148 valence electrons. The Kier molecular flexibility index (Phi) is 7.09. The van der Waals surface area contributed by atoms with E-state index in [4.69, 9.17) is 9.26 Å². The molecule has 0 unspecified atom stereocenters. The summed E-state index contributed by atoms with van der Waals surface area (Å²) in [6.45, 7) is 3.53. The summed E-state index contributed by atoms with van der Waals surface area (Å²) < 4.78 is 46.7. The van der Waals surface area contributed by atoms with Gasteiger partial charge in [0.2, 0.25) is 0 Å². The fraction of sp³-hybridized carbons (Fsp3) is 0.444. The van der Waals surface area contributed by atoms with Crippen LogP contribution in [0.15, 0.2) is 39.8 Å². The molecule has 2 N–H and O–H groups in total. The molecular weight excluding hydrogens is 361 g/mol. The third-order valence-electron chi connectivity index (χ3n) is 3.58. The van der Waals surface area contributed by atoms with Crippen LogP contribution in [0.1, 0.15) is 36.8 Å². The summed E-state index contributed by atoms with van der Waals surface area (Å²) in [7, 11) is 1.62. The van der Waals surface area contributed by atoms with Crippen molar-refractivity contribution in [2.45, 2.75) is 39.0 Å². The third kappa shape index (κ3) is 7.20. The third-order valence-corrected chi connectivity index (χ3v) is 3.58. The highest BCUT2D eigenvalue weighted by Crippen LogP contribution is 2.19. The molecule has 2 aromatic rings. The monoisotopic (exact) mass is 384 g/mol. The van der Waals surface area contributed by atoms with Crippen molar-refractivity contribution >= 4 is 5.96 Å². The molecule has 0 spiro atoms. The van der Waals surface area contributed by atoms with E-state index in [1.54, 1.807) is 25.2 Å². The van der Waals surface area contributed by atoms with E-state index in [0.717, 1.165) is 11.3 Å². The van der Waals surface area contributed by atoms with Crippen molar-refractivity contribution in [2.75, 3.05) is 13.7 Å². The molecule has 6 nitrogen and oxygen atoms in total. The summed E-state index contributed by atoms with van der Waals surface area (Å²) in [5.41, 5.74) is 1.64. The minimum atomic E-state index is -4.36. The van der Waals surface area contributed by atoms with Gasteiger partial charge in [-0.25, -0.2) is 0 Å². The average molecular weight is 384 g/mol. The number of hydrogen-bond acceptors (Lipinski definition) is 4. The summed E-state index contributed by atoms with van der Waals surface area (Å²) in [6.07, 6.45) is -4.36. The summed E-state index contributed by atoms with van der Waals surface area (Å²) >= 11 is 0. The van der Waals surface area contributed by atoms with E-state index in [9.17, 15) is 13.2 Å². The Labute approximate surface area is 155 Å². The van der Waals surface area contributed by atoms with Gasteiger partial charge in [-0.1, -0.05) is 31.1 Å². The molecule has 27 heavy (non-hydrogen) atoms.